The van der Waals surface area contributed by atoms with Gasteiger partial charge in [0, 0.05) is 7.11 Å². The number of hydrogen-bond acceptors (Lipinski definition) is 4. The van der Waals surface area contributed by atoms with E-state index in [1.54, 1.807) is 5.48 Å². The first-order valence-electron chi connectivity index (χ1n) is 2.19. The molecule has 0 aromatic heterocycles. The lowest BCUT2D eigenvalue weighted by atomic mass is 10.7. The van der Waals surface area contributed by atoms with Gasteiger partial charge in [-0.3, -0.25) is 4.79 Å². The number of rotatable bonds is 4. The van der Waals surface area contributed by atoms with Crippen LogP contribution in [-0.2, 0) is 19.2 Å². The molecule has 0 aliphatic rings. The summed E-state index contributed by atoms with van der Waals surface area (Å²) in [6.45, 7) is -0.166. The number of ether oxygens (including phenoxy) is 1. The van der Waals surface area contributed by atoms with E-state index in [1.165, 1.54) is 7.11 Å². The molecule has 0 aromatic carbocycles. The Kier molecular flexibility index (Phi) is 4.43. The van der Waals surface area contributed by atoms with Gasteiger partial charge in [0.2, 0.25) is 6.41 Å². The molecule has 0 bridgehead atoms. The molecule has 5 heteroatoms. The van der Waals surface area contributed by atoms with E-state index in [0.29, 0.717) is 0 Å². The fraction of sp³-hybridized carbons (Fsp3) is 0.500. The summed E-state index contributed by atoms with van der Waals surface area (Å²) in [6, 6.07) is 0. The smallest absolute Gasteiger partial charge is 0.357 e. The number of carbonyl (C=O) groups excluding carboxylic acids is 2. The van der Waals surface area contributed by atoms with Crippen LogP contribution in [0, 0.1) is 0 Å². The van der Waals surface area contributed by atoms with Crippen molar-refractivity contribution in [1.82, 2.24) is 5.48 Å². The summed E-state index contributed by atoms with van der Waals surface area (Å²) >= 11 is 0. The SMILES string of the molecule is COCC(=O)ONC=O. The Morgan fingerprint density at radius 1 is 1.78 bits per heavy atom. The Morgan fingerprint density at radius 3 is 2.89 bits per heavy atom. The topological polar surface area (TPSA) is 64.6 Å². The third-order valence-electron chi connectivity index (χ3n) is 0.483. The first kappa shape index (κ1) is 7.90. The van der Waals surface area contributed by atoms with Crippen LogP contribution in [0.5, 0.6) is 0 Å². The Labute approximate surface area is 51.9 Å². The van der Waals surface area contributed by atoms with Crippen molar-refractivity contribution in [3.8, 4) is 0 Å². The summed E-state index contributed by atoms with van der Waals surface area (Å²) < 4.78 is 4.37. The van der Waals surface area contributed by atoms with Gasteiger partial charge in [0.15, 0.2) is 0 Å². The zero-order valence-corrected chi connectivity index (χ0v) is 4.92. The average molecular weight is 133 g/mol. The molecular weight excluding hydrogens is 126 g/mol. The lowest BCUT2D eigenvalue weighted by Crippen LogP contribution is -2.21. The number of methoxy groups -OCH3 is 1. The lowest BCUT2D eigenvalue weighted by molar-refractivity contribution is -0.158. The first-order valence-corrected chi connectivity index (χ1v) is 2.19. The molecule has 0 rings (SSSR count). The molecule has 52 valence electrons. The van der Waals surface area contributed by atoms with Gasteiger partial charge in [0.1, 0.15) is 6.61 Å². The van der Waals surface area contributed by atoms with Gasteiger partial charge in [-0.1, -0.05) is 0 Å². The molecule has 0 heterocycles. The van der Waals surface area contributed by atoms with Crippen molar-refractivity contribution in [2.75, 3.05) is 13.7 Å². The summed E-state index contributed by atoms with van der Waals surface area (Å²) in [6.07, 6.45) is 0.258. The lowest BCUT2D eigenvalue weighted by Gasteiger charge is -1.97. The molecule has 0 saturated carbocycles. The fourth-order valence-corrected chi connectivity index (χ4v) is 0.237. The van der Waals surface area contributed by atoms with E-state index in [2.05, 4.69) is 9.57 Å². The van der Waals surface area contributed by atoms with E-state index in [9.17, 15) is 9.59 Å². The predicted molar refractivity (Wildman–Crippen MR) is 27.2 cm³/mol. The number of nitrogens with one attached hydrogen (secondary N) is 1. The second kappa shape index (κ2) is 5.04. The van der Waals surface area contributed by atoms with Gasteiger partial charge in [0.25, 0.3) is 0 Å². The number of hydroxylamine groups is 1. The van der Waals surface area contributed by atoms with E-state index in [4.69, 9.17) is 0 Å². The molecule has 0 aliphatic heterocycles. The van der Waals surface area contributed by atoms with Gasteiger partial charge < -0.3 is 9.57 Å². The van der Waals surface area contributed by atoms with Crippen LogP contribution in [0.1, 0.15) is 0 Å². The Hall–Kier alpha value is -1.10. The Balaban J connectivity index is 3.16. The third-order valence-corrected chi connectivity index (χ3v) is 0.483. The second-order valence-electron chi connectivity index (χ2n) is 1.14. The van der Waals surface area contributed by atoms with Gasteiger partial charge >= 0.3 is 5.97 Å². The van der Waals surface area contributed by atoms with Crippen molar-refractivity contribution in [3.63, 3.8) is 0 Å². The van der Waals surface area contributed by atoms with Crippen LogP contribution in [0.3, 0.4) is 0 Å². The summed E-state index contributed by atoms with van der Waals surface area (Å²) in [5, 5.41) is 0. The minimum atomic E-state index is -0.635. The van der Waals surface area contributed by atoms with Crippen LogP contribution >= 0.6 is 0 Å². The maximum atomic E-state index is 10.2. The van der Waals surface area contributed by atoms with Gasteiger partial charge in [-0.25, -0.2) is 4.79 Å². The normalized spacial score (nSPS) is 8.11. The van der Waals surface area contributed by atoms with Gasteiger partial charge in [-0.15, -0.1) is 0 Å². The van der Waals surface area contributed by atoms with Crippen LogP contribution in [0.15, 0.2) is 0 Å². The number of carbonyl (C=O) groups is 2. The summed E-state index contributed by atoms with van der Waals surface area (Å²) in [4.78, 5) is 23.8. The summed E-state index contributed by atoms with van der Waals surface area (Å²) in [5.41, 5.74) is 1.72. The van der Waals surface area contributed by atoms with E-state index in [-0.39, 0.29) is 13.0 Å². The van der Waals surface area contributed by atoms with Crippen LogP contribution < -0.4 is 5.48 Å². The molecule has 0 aliphatic carbocycles. The summed E-state index contributed by atoms with van der Waals surface area (Å²) in [5.74, 6) is -0.635. The van der Waals surface area contributed by atoms with Crippen molar-refractivity contribution in [1.29, 1.82) is 0 Å². The zero-order chi connectivity index (χ0) is 7.11. The highest BCUT2D eigenvalue weighted by Gasteiger charge is 1.98. The molecule has 0 saturated heterocycles. The molecule has 0 atom stereocenters. The molecule has 1 amide bonds. The average Bonchev–Trinajstić information content (AvgIpc) is 1.85. The highest BCUT2D eigenvalue weighted by atomic mass is 16.7. The van der Waals surface area contributed by atoms with Crippen molar-refractivity contribution >= 4 is 12.4 Å². The van der Waals surface area contributed by atoms with E-state index in [1.807, 2.05) is 0 Å². The predicted octanol–water partition coefficient (Wildman–Crippen LogP) is -1.16. The molecule has 0 aromatic rings. The van der Waals surface area contributed by atoms with Crippen molar-refractivity contribution in [3.05, 3.63) is 0 Å². The minimum absolute atomic E-state index is 0.166. The van der Waals surface area contributed by atoms with Gasteiger partial charge in [-0.05, 0) is 0 Å². The molecular formula is C4H7NO4. The van der Waals surface area contributed by atoms with Crippen molar-refractivity contribution in [2.24, 2.45) is 0 Å². The summed E-state index contributed by atoms with van der Waals surface area (Å²) in [7, 11) is 1.35. The van der Waals surface area contributed by atoms with E-state index < -0.39 is 5.97 Å². The number of hydrogen-bond donors (Lipinski definition) is 1. The van der Waals surface area contributed by atoms with Crippen LogP contribution in [-0.4, -0.2) is 26.1 Å². The molecule has 0 fully saturated rings. The highest BCUT2D eigenvalue weighted by molar-refractivity contribution is 5.71. The number of amides is 1. The Morgan fingerprint density at radius 2 is 2.44 bits per heavy atom. The molecule has 0 unspecified atom stereocenters. The van der Waals surface area contributed by atoms with Crippen molar-refractivity contribution in [2.45, 2.75) is 0 Å². The maximum Gasteiger partial charge on any atom is 0.357 e. The molecule has 0 spiro atoms. The zero-order valence-electron chi connectivity index (χ0n) is 4.92. The minimum Gasteiger partial charge on any atom is -0.373 e. The molecule has 9 heavy (non-hydrogen) atoms. The highest BCUT2D eigenvalue weighted by Crippen LogP contribution is 1.71. The van der Waals surface area contributed by atoms with Crippen LogP contribution in [0.4, 0.5) is 0 Å². The van der Waals surface area contributed by atoms with Crippen LogP contribution in [0.25, 0.3) is 0 Å². The standard InChI is InChI=1S/C4H7NO4/c1-8-2-4(7)9-5-3-6/h3H,2H2,1H3,(H,5,6). The van der Waals surface area contributed by atoms with Crippen molar-refractivity contribution < 1.29 is 19.2 Å². The quantitative estimate of drug-likeness (QED) is 0.388. The third kappa shape index (κ3) is 4.76. The molecule has 1 N–H and O–H groups in total. The van der Waals surface area contributed by atoms with Crippen LogP contribution in [0.2, 0.25) is 0 Å². The van der Waals surface area contributed by atoms with Gasteiger partial charge in [-0.2, -0.15) is 5.48 Å². The van der Waals surface area contributed by atoms with E-state index >= 15 is 0 Å². The monoisotopic (exact) mass is 133 g/mol. The first-order chi connectivity index (χ1) is 4.31. The maximum absolute atomic E-state index is 10.2. The second-order valence-corrected chi connectivity index (χ2v) is 1.14. The van der Waals surface area contributed by atoms with Gasteiger partial charge in [0.05, 0.1) is 0 Å². The fourth-order valence-electron chi connectivity index (χ4n) is 0.237. The van der Waals surface area contributed by atoms with E-state index in [0.717, 1.165) is 0 Å². The molecule has 0 radical (unpaired) electrons. The largest absolute Gasteiger partial charge is 0.373 e. The Bertz CT molecular complexity index is 103. The molecule has 5 nitrogen and oxygen atoms in total.